The Morgan fingerprint density at radius 3 is 3.22 bits per heavy atom. The third-order valence-corrected chi connectivity index (χ3v) is 2.82. The first-order chi connectivity index (χ1) is 8.74. The first kappa shape index (κ1) is 10.8. The Hall–Kier alpha value is -2.37. The van der Waals surface area contributed by atoms with Gasteiger partial charge in [0.25, 0.3) is 0 Å². The van der Waals surface area contributed by atoms with Crippen LogP contribution in [0.25, 0.3) is 22.1 Å². The highest BCUT2D eigenvalue weighted by Crippen LogP contribution is 2.20. The van der Waals surface area contributed by atoms with Crippen molar-refractivity contribution in [1.82, 2.24) is 25.3 Å². The SMILES string of the molecule is CC(=O)NCCc1nc2c(cnc3[nH]ccc32)[nH]1. The molecule has 3 N–H and O–H groups in total. The third kappa shape index (κ3) is 1.81. The Kier molecular flexibility index (Phi) is 2.47. The van der Waals surface area contributed by atoms with Gasteiger partial charge in [-0.05, 0) is 6.07 Å². The summed E-state index contributed by atoms with van der Waals surface area (Å²) in [6.07, 6.45) is 4.30. The molecule has 92 valence electrons. The molecule has 0 saturated heterocycles. The average molecular weight is 243 g/mol. The number of hydrogen-bond acceptors (Lipinski definition) is 3. The van der Waals surface area contributed by atoms with Gasteiger partial charge in [-0.15, -0.1) is 0 Å². The van der Waals surface area contributed by atoms with Crippen LogP contribution >= 0.6 is 0 Å². The van der Waals surface area contributed by atoms with E-state index in [1.165, 1.54) is 6.92 Å². The molecule has 3 heterocycles. The lowest BCUT2D eigenvalue weighted by Gasteiger charge is -1.97. The highest BCUT2D eigenvalue weighted by atomic mass is 16.1. The van der Waals surface area contributed by atoms with Gasteiger partial charge in [-0.3, -0.25) is 4.79 Å². The average Bonchev–Trinajstić information content (AvgIpc) is 2.92. The molecule has 0 aliphatic heterocycles. The molecule has 6 nitrogen and oxygen atoms in total. The molecular formula is C12H13N5O. The van der Waals surface area contributed by atoms with Gasteiger partial charge in [-0.2, -0.15) is 0 Å². The van der Waals surface area contributed by atoms with Crippen molar-refractivity contribution in [2.75, 3.05) is 6.54 Å². The molecule has 18 heavy (non-hydrogen) atoms. The summed E-state index contributed by atoms with van der Waals surface area (Å²) in [6, 6.07) is 1.96. The maximum Gasteiger partial charge on any atom is 0.216 e. The molecule has 0 saturated carbocycles. The lowest BCUT2D eigenvalue weighted by atomic mass is 10.3. The molecule has 0 atom stereocenters. The van der Waals surface area contributed by atoms with Gasteiger partial charge >= 0.3 is 0 Å². The Bertz CT molecular complexity index is 711. The summed E-state index contributed by atoms with van der Waals surface area (Å²) in [6.45, 7) is 2.09. The van der Waals surface area contributed by atoms with E-state index in [0.717, 1.165) is 27.9 Å². The highest BCUT2D eigenvalue weighted by Gasteiger charge is 2.08. The monoisotopic (exact) mass is 243 g/mol. The highest BCUT2D eigenvalue weighted by molar-refractivity contribution is 6.00. The summed E-state index contributed by atoms with van der Waals surface area (Å²) in [5.74, 6) is 0.829. The van der Waals surface area contributed by atoms with Crippen LogP contribution in [0, 0.1) is 0 Å². The zero-order chi connectivity index (χ0) is 12.5. The molecular weight excluding hydrogens is 230 g/mol. The number of nitrogens with zero attached hydrogens (tertiary/aromatic N) is 2. The quantitative estimate of drug-likeness (QED) is 0.644. The fraction of sp³-hybridized carbons (Fsp3) is 0.250. The van der Waals surface area contributed by atoms with E-state index in [-0.39, 0.29) is 5.91 Å². The van der Waals surface area contributed by atoms with E-state index < -0.39 is 0 Å². The summed E-state index contributed by atoms with van der Waals surface area (Å²) in [7, 11) is 0. The Balaban J connectivity index is 1.92. The molecule has 0 fully saturated rings. The van der Waals surface area contributed by atoms with Gasteiger partial charge in [0.2, 0.25) is 5.91 Å². The number of nitrogens with one attached hydrogen (secondary N) is 3. The number of imidazole rings is 1. The lowest BCUT2D eigenvalue weighted by Crippen LogP contribution is -2.22. The minimum atomic E-state index is -0.0270. The number of amides is 1. The maximum absolute atomic E-state index is 10.8. The van der Waals surface area contributed by atoms with Gasteiger partial charge < -0.3 is 15.3 Å². The zero-order valence-corrected chi connectivity index (χ0v) is 9.95. The molecule has 0 aliphatic carbocycles. The van der Waals surface area contributed by atoms with Crippen molar-refractivity contribution in [2.24, 2.45) is 0 Å². The van der Waals surface area contributed by atoms with Crippen molar-refractivity contribution in [1.29, 1.82) is 0 Å². The van der Waals surface area contributed by atoms with Gasteiger partial charge in [-0.25, -0.2) is 9.97 Å². The molecule has 0 spiro atoms. The van der Waals surface area contributed by atoms with E-state index in [4.69, 9.17) is 0 Å². The first-order valence-electron chi connectivity index (χ1n) is 5.79. The van der Waals surface area contributed by atoms with Crippen molar-refractivity contribution in [2.45, 2.75) is 13.3 Å². The van der Waals surface area contributed by atoms with Crippen molar-refractivity contribution in [3.8, 4) is 0 Å². The van der Waals surface area contributed by atoms with E-state index in [9.17, 15) is 4.79 Å². The number of fused-ring (bicyclic) bond motifs is 3. The minimum absolute atomic E-state index is 0.0270. The van der Waals surface area contributed by atoms with E-state index in [0.29, 0.717) is 13.0 Å². The van der Waals surface area contributed by atoms with Crippen molar-refractivity contribution < 1.29 is 4.79 Å². The number of carbonyl (C=O) groups excluding carboxylic acids is 1. The van der Waals surface area contributed by atoms with Crippen LogP contribution in [-0.2, 0) is 11.2 Å². The number of H-pyrrole nitrogens is 2. The molecule has 3 aromatic rings. The molecule has 0 bridgehead atoms. The predicted molar refractivity (Wildman–Crippen MR) is 68.1 cm³/mol. The Labute approximate surface area is 103 Å². The fourth-order valence-electron chi connectivity index (χ4n) is 2.00. The van der Waals surface area contributed by atoms with E-state index in [1.54, 1.807) is 6.20 Å². The second kappa shape index (κ2) is 4.14. The summed E-state index contributed by atoms with van der Waals surface area (Å²) >= 11 is 0. The molecule has 0 aromatic carbocycles. The van der Waals surface area contributed by atoms with E-state index >= 15 is 0 Å². The molecule has 0 radical (unpaired) electrons. The molecule has 3 aromatic heterocycles. The largest absolute Gasteiger partial charge is 0.356 e. The van der Waals surface area contributed by atoms with Gasteiger partial charge in [-0.1, -0.05) is 0 Å². The number of hydrogen-bond donors (Lipinski definition) is 3. The van der Waals surface area contributed by atoms with Crippen LogP contribution in [0.4, 0.5) is 0 Å². The Morgan fingerprint density at radius 1 is 1.50 bits per heavy atom. The van der Waals surface area contributed by atoms with Crippen LogP contribution in [0.3, 0.4) is 0 Å². The van der Waals surface area contributed by atoms with E-state index in [2.05, 4.69) is 25.3 Å². The van der Waals surface area contributed by atoms with Crippen molar-refractivity contribution in [3.05, 3.63) is 24.3 Å². The number of carbonyl (C=O) groups is 1. The molecule has 1 amide bonds. The third-order valence-electron chi connectivity index (χ3n) is 2.82. The van der Waals surface area contributed by atoms with Crippen LogP contribution in [-0.4, -0.2) is 32.4 Å². The predicted octanol–water partition coefficient (Wildman–Crippen LogP) is 1.12. The van der Waals surface area contributed by atoms with Crippen molar-refractivity contribution >= 4 is 28.0 Å². The van der Waals surface area contributed by atoms with Gasteiger partial charge in [0.15, 0.2) is 0 Å². The van der Waals surface area contributed by atoms with Gasteiger partial charge in [0.1, 0.15) is 17.0 Å². The number of aromatic amines is 2. The van der Waals surface area contributed by atoms with Crippen LogP contribution in [0.5, 0.6) is 0 Å². The van der Waals surface area contributed by atoms with E-state index in [1.807, 2.05) is 12.3 Å². The second-order valence-corrected chi connectivity index (χ2v) is 4.18. The summed E-state index contributed by atoms with van der Waals surface area (Å²) < 4.78 is 0. The molecule has 0 unspecified atom stereocenters. The van der Waals surface area contributed by atoms with Crippen LogP contribution < -0.4 is 5.32 Å². The van der Waals surface area contributed by atoms with Crippen LogP contribution in [0.2, 0.25) is 0 Å². The number of aromatic nitrogens is 4. The van der Waals surface area contributed by atoms with Crippen LogP contribution in [0.15, 0.2) is 18.5 Å². The first-order valence-corrected chi connectivity index (χ1v) is 5.79. The molecule has 0 aliphatic rings. The molecule has 3 rings (SSSR count). The summed E-state index contributed by atoms with van der Waals surface area (Å²) in [5.41, 5.74) is 2.67. The van der Waals surface area contributed by atoms with Crippen LogP contribution in [0.1, 0.15) is 12.7 Å². The summed E-state index contributed by atoms with van der Waals surface area (Å²) in [4.78, 5) is 25.9. The summed E-state index contributed by atoms with van der Waals surface area (Å²) in [5, 5.41) is 3.76. The smallest absolute Gasteiger partial charge is 0.216 e. The normalized spacial score (nSPS) is 11.2. The lowest BCUT2D eigenvalue weighted by molar-refractivity contribution is -0.118. The minimum Gasteiger partial charge on any atom is -0.356 e. The zero-order valence-electron chi connectivity index (χ0n) is 9.95. The standard InChI is InChI=1S/C12H13N5O/c1-7(18)13-5-3-10-16-9-6-15-12-8(2-4-14-12)11(9)17-10/h2,4,6H,3,5H2,1H3,(H,13,18)(H,14,15)(H,16,17). The maximum atomic E-state index is 10.8. The number of rotatable bonds is 3. The van der Waals surface area contributed by atoms with Gasteiger partial charge in [0.05, 0.1) is 11.7 Å². The second-order valence-electron chi connectivity index (χ2n) is 4.18. The topological polar surface area (TPSA) is 86.5 Å². The molecule has 6 heteroatoms. The Morgan fingerprint density at radius 2 is 2.39 bits per heavy atom. The fourth-order valence-corrected chi connectivity index (χ4v) is 2.00. The number of pyridine rings is 1. The van der Waals surface area contributed by atoms with Crippen molar-refractivity contribution in [3.63, 3.8) is 0 Å². The van der Waals surface area contributed by atoms with Gasteiger partial charge in [0, 0.05) is 31.5 Å².